The lowest BCUT2D eigenvalue weighted by atomic mass is 10.2. The number of nitrogens with zero attached hydrogens (tertiary/aromatic N) is 1. The van der Waals surface area contributed by atoms with E-state index in [9.17, 15) is 13.2 Å². The van der Waals surface area contributed by atoms with Gasteiger partial charge < -0.3 is 0 Å². The number of hydroxylamine groups is 1. The number of benzene rings is 2. The van der Waals surface area contributed by atoms with E-state index in [-0.39, 0.29) is 11.5 Å². The zero-order chi connectivity index (χ0) is 17.7. The van der Waals surface area contributed by atoms with Crippen molar-refractivity contribution in [2.45, 2.75) is 30.4 Å². The van der Waals surface area contributed by atoms with Crippen molar-refractivity contribution in [3.05, 3.63) is 66.2 Å². The van der Waals surface area contributed by atoms with Crippen LogP contribution in [-0.2, 0) is 26.3 Å². The second-order valence-corrected chi connectivity index (χ2v) is 7.72. The van der Waals surface area contributed by atoms with Gasteiger partial charge in [0, 0.05) is 6.54 Å². The molecule has 2 aromatic rings. The fourth-order valence-corrected chi connectivity index (χ4v) is 4.53. The van der Waals surface area contributed by atoms with Gasteiger partial charge in [0.15, 0.2) is 0 Å². The first-order chi connectivity index (χ1) is 12.1. The van der Waals surface area contributed by atoms with E-state index < -0.39 is 22.0 Å². The molecule has 25 heavy (non-hydrogen) atoms. The number of nitrogens with one attached hydrogen (secondary N) is 1. The summed E-state index contributed by atoms with van der Waals surface area (Å²) in [5.41, 5.74) is 3.30. The number of rotatable bonds is 6. The highest BCUT2D eigenvalue weighted by molar-refractivity contribution is 7.89. The highest BCUT2D eigenvalue weighted by atomic mass is 32.2. The fourth-order valence-electron chi connectivity index (χ4n) is 2.85. The molecule has 132 valence electrons. The number of hydrogen-bond donors (Lipinski definition) is 1. The molecule has 1 saturated heterocycles. The summed E-state index contributed by atoms with van der Waals surface area (Å²) in [5, 5.41) is 0. The van der Waals surface area contributed by atoms with E-state index in [1.165, 1.54) is 16.4 Å². The summed E-state index contributed by atoms with van der Waals surface area (Å²) in [7, 11) is -3.69. The maximum absolute atomic E-state index is 12.7. The van der Waals surface area contributed by atoms with Gasteiger partial charge in [-0.05, 0) is 30.5 Å². The molecule has 0 radical (unpaired) electrons. The van der Waals surface area contributed by atoms with Crippen LogP contribution >= 0.6 is 0 Å². The summed E-state index contributed by atoms with van der Waals surface area (Å²) in [5.74, 6) is -0.437. The lowest BCUT2D eigenvalue weighted by Gasteiger charge is -2.23. The molecule has 1 N–H and O–H groups in total. The molecule has 1 unspecified atom stereocenters. The van der Waals surface area contributed by atoms with Crippen LogP contribution in [-0.4, -0.2) is 31.2 Å². The summed E-state index contributed by atoms with van der Waals surface area (Å²) in [6.07, 6.45) is 1.12. The van der Waals surface area contributed by atoms with E-state index in [1.807, 2.05) is 30.3 Å². The number of sulfonamides is 1. The first-order valence-electron chi connectivity index (χ1n) is 8.11. The maximum Gasteiger partial charge on any atom is 0.261 e. The van der Waals surface area contributed by atoms with Crippen molar-refractivity contribution in [2.75, 3.05) is 6.54 Å². The highest BCUT2D eigenvalue weighted by Crippen LogP contribution is 2.26. The van der Waals surface area contributed by atoms with E-state index in [2.05, 4.69) is 5.48 Å². The largest absolute Gasteiger partial charge is 0.271 e. The minimum absolute atomic E-state index is 0.194. The Morgan fingerprint density at radius 2 is 1.72 bits per heavy atom. The Balaban J connectivity index is 1.64. The van der Waals surface area contributed by atoms with Crippen LogP contribution in [0.3, 0.4) is 0 Å². The molecule has 0 aliphatic carbocycles. The second kappa shape index (κ2) is 7.77. The van der Waals surface area contributed by atoms with Crippen molar-refractivity contribution in [1.29, 1.82) is 0 Å². The molecule has 1 amide bonds. The third kappa shape index (κ3) is 4.07. The molecule has 0 bridgehead atoms. The summed E-state index contributed by atoms with van der Waals surface area (Å²) < 4.78 is 26.8. The minimum Gasteiger partial charge on any atom is -0.271 e. The van der Waals surface area contributed by atoms with Crippen LogP contribution in [0.1, 0.15) is 18.4 Å². The fraction of sp³-hybridized carbons (Fsp3) is 0.278. The van der Waals surface area contributed by atoms with Gasteiger partial charge in [0.2, 0.25) is 10.0 Å². The predicted molar refractivity (Wildman–Crippen MR) is 92.7 cm³/mol. The summed E-state index contributed by atoms with van der Waals surface area (Å²) in [4.78, 5) is 17.8. The Morgan fingerprint density at radius 3 is 2.40 bits per heavy atom. The van der Waals surface area contributed by atoms with Crippen LogP contribution in [0.15, 0.2) is 65.6 Å². The third-order valence-corrected chi connectivity index (χ3v) is 6.03. The second-order valence-electron chi connectivity index (χ2n) is 5.83. The molecule has 6 nitrogen and oxygen atoms in total. The number of carbonyl (C=O) groups excluding carboxylic acids is 1. The van der Waals surface area contributed by atoms with Crippen LogP contribution in [0, 0.1) is 0 Å². The Hall–Kier alpha value is -2.22. The quantitative estimate of drug-likeness (QED) is 0.801. The number of carbonyl (C=O) groups is 1. The van der Waals surface area contributed by atoms with Gasteiger partial charge >= 0.3 is 0 Å². The van der Waals surface area contributed by atoms with Crippen molar-refractivity contribution in [2.24, 2.45) is 0 Å². The average Bonchev–Trinajstić information content (AvgIpc) is 3.14. The molecule has 7 heteroatoms. The van der Waals surface area contributed by atoms with Gasteiger partial charge in [-0.15, -0.1) is 0 Å². The SMILES string of the molecule is O=C(NOCc1ccccc1)C1CCCN1S(=O)(=O)c1ccccc1. The van der Waals surface area contributed by atoms with Crippen LogP contribution < -0.4 is 5.48 Å². The smallest absolute Gasteiger partial charge is 0.261 e. The molecule has 0 spiro atoms. The number of hydrogen-bond acceptors (Lipinski definition) is 4. The molecule has 3 rings (SSSR count). The minimum atomic E-state index is -3.69. The first kappa shape index (κ1) is 17.6. The Morgan fingerprint density at radius 1 is 1.08 bits per heavy atom. The number of amides is 1. The molecular weight excluding hydrogens is 340 g/mol. The van der Waals surface area contributed by atoms with Gasteiger partial charge in [0.1, 0.15) is 6.04 Å². The van der Waals surface area contributed by atoms with E-state index in [0.29, 0.717) is 19.4 Å². The highest BCUT2D eigenvalue weighted by Gasteiger charge is 2.39. The van der Waals surface area contributed by atoms with Crippen molar-refractivity contribution >= 4 is 15.9 Å². The van der Waals surface area contributed by atoms with Crippen LogP contribution in [0.25, 0.3) is 0 Å². The molecule has 1 aliphatic rings. The van der Waals surface area contributed by atoms with Crippen molar-refractivity contribution < 1.29 is 18.0 Å². The lowest BCUT2D eigenvalue weighted by molar-refractivity contribution is -0.137. The van der Waals surface area contributed by atoms with Gasteiger partial charge in [-0.3, -0.25) is 9.63 Å². The Labute approximate surface area is 147 Å². The molecule has 0 aromatic heterocycles. The monoisotopic (exact) mass is 360 g/mol. The van der Waals surface area contributed by atoms with Gasteiger partial charge in [0.25, 0.3) is 5.91 Å². The van der Waals surface area contributed by atoms with E-state index in [1.54, 1.807) is 18.2 Å². The van der Waals surface area contributed by atoms with Crippen LogP contribution in [0.5, 0.6) is 0 Å². The van der Waals surface area contributed by atoms with Crippen LogP contribution in [0.4, 0.5) is 0 Å². The topological polar surface area (TPSA) is 75.7 Å². The maximum atomic E-state index is 12.7. The molecule has 2 aromatic carbocycles. The summed E-state index contributed by atoms with van der Waals surface area (Å²) >= 11 is 0. The van der Waals surface area contributed by atoms with E-state index in [4.69, 9.17) is 4.84 Å². The van der Waals surface area contributed by atoms with Crippen LogP contribution in [0.2, 0.25) is 0 Å². The van der Waals surface area contributed by atoms with Crippen molar-refractivity contribution in [3.8, 4) is 0 Å². The Bertz CT molecular complexity index is 809. The summed E-state index contributed by atoms with van der Waals surface area (Å²) in [6.45, 7) is 0.554. The molecule has 1 fully saturated rings. The van der Waals surface area contributed by atoms with E-state index >= 15 is 0 Å². The van der Waals surface area contributed by atoms with E-state index in [0.717, 1.165) is 5.56 Å². The normalized spacial score (nSPS) is 18.2. The zero-order valence-corrected chi connectivity index (χ0v) is 14.5. The Kier molecular flexibility index (Phi) is 5.47. The third-order valence-electron chi connectivity index (χ3n) is 4.11. The van der Waals surface area contributed by atoms with Gasteiger partial charge in [-0.1, -0.05) is 48.5 Å². The predicted octanol–water partition coefficient (Wildman–Crippen LogP) is 2.09. The van der Waals surface area contributed by atoms with Gasteiger partial charge in [-0.25, -0.2) is 13.9 Å². The molecular formula is C18H20N2O4S. The molecule has 1 aliphatic heterocycles. The van der Waals surface area contributed by atoms with Crippen molar-refractivity contribution in [1.82, 2.24) is 9.79 Å². The molecule has 1 heterocycles. The van der Waals surface area contributed by atoms with Gasteiger partial charge in [-0.2, -0.15) is 4.31 Å². The molecule has 0 saturated carbocycles. The average molecular weight is 360 g/mol. The summed E-state index contributed by atoms with van der Waals surface area (Å²) in [6, 6.07) is 16.8. The lowest BCUT2D eigenvalue weighted by Crippen LogP contribution is -2.45. The van der Waals surface area contributed by atoms with Crippen molar-refractivity contribution in [3.63, 3.8) is 0 Å². The standard InChI is InChI=1S/C18H20N2O4S/c21-18(19-24-14-15-8-3-1-4-9-15)17-12-7-13-20(17)25(22,23)16-10-5-2-6-11-16/h1-6,8-11,17H,7,12-14H2,(H,19,21). The van der Waals surface area contributed by atoms with Gasteiger partial charge in [0.05, 0.1) is 11.5 Å². The molecule has 1 atom stereocenters. The zero-order valence-electron chi connectivity index (χ0n) is 13.7. The first-order valence-corrected chi connectivity index (χ1v) is 9.55.